The van der Waals surface area contributed by atoms with Gasteiger partial charge in [0, 0.05) is 23.7 Å². The normalized spacial score (nSPS) is 25.9. The van der Waals surface area contributed by atoms with Gasteiger partial charge in [0.2, 0.25) is 0 Å². The van der Waals surface area contributed by atoms with Crippen LogP contribution >= 0.6 is 15.9 Å². The van der Waals surface area contributed by atoms with Crippen LogP contribution < -0.4 is 5.32 Å². The molecule has 2 rings (SSSR count). The Morgan fingerprint density at radius 2 is 2.00 bits per heavy atom. The van der Waals surface area contributed by atoms with Gasteiger partial charge in [-0.2, -0.15) is 0 Å². The van der Waals surface area contributed by atoms with Crippen molar-refractivity contribution in [3.05, 3.63) is 34.3 Å². The molecule has 3 atom stereocenters. The second-order valence-corrected chi connectivity index (χ2v) is 6.08. The van der Waals surface area contributed by atoms with Gasteiger partial charge in [0.25, 0.3) is 0 Å². The molecule has 0 aliphatic heterocycles. The molecule has 1 aliphatic carbocycles. The van der Waals surface area contributed by atoms with Crippen LogP contribution in [-0.4, -0.2) is 19.3 Å². The van der Waals surface area contributed by atoms with Crippen LogP contribution in [-0.2, 0) is 4.74 Å². The Morgan fingerprint density at radius 3 is 2.67 bits per heavy atom. The zero-order valence-corrected chi connectivity index (χ0v) is 12.7. The van der Waals surface area contributed by atoms with Crippen molar-refractivity contribution in [1.82, 2.24) is 5.32 Å². The first-order chi connectivity index (χ1) is 8.69. The minimum Gasteiger partial charge on any atom is -0.381 e. The van der Waals surface area contributed by atoms with Gasteiger partial charge < -0.3 is 10.1 Å². The highest BCUT2D eigenvalue weighted by Crippen LogP contribution is 2.24. The topological polar surface area (TPSA) is 21.3 Å². The summed E-state index contributed by atoms with van der Waals surface area (Å²) in [5.41, 5.74) is 1.35. The van der Waals surface area contributed by atoms with Crippen molar-refractivity contribution >= 4 is 15.9 Å². The predicted molar refractivity (Wildman–Crippen MR) is 78.7 cm³/mol. The van der Waals surface area contributed by atoms with E-state index in [1.165, 1.54) is 24.8 Å². The number of ether oxygens (including phenoxy) is 1. The predicted octanol–water partition coefficient (Wildman–Crippen LogP) is 4.06. The van der Waals surface area contributed by atoms with Gasteiger partial charge >= 0.3 is 0 Å². The Balaban J connectivity index is 1.90. The van der Waals surface area contributed by atoms with Crippen molar-refractivity contribution in [1.29, 1.82) is 0 Å². The van der Waals surface area contributed by atoms with E-state index in [4.69, 9.17) is 4.74 Å². The molecule has 100 valence electrons. The summed E-state index contributed by atoms with van der Waals surface area (Å²) in [4.78, 5) is 0. The largest absolute Gasteiger partial charge is 0.381 e. The Kier molecular flexibility index (Phi) is 5.22. The average molecular weight is 312 g/mol. The molecule has 2 nitrogen and oxygen atoms in total. The van der Waals surface area contributed by atoms with E-state index in [0.717, 1.165) is 10.9 Å². The minimum atomic E-state index is 0.402. The molecule has 1 fully saturated rings. The van der Waals surface area contributed by atoms with Gasteiger partial charge in [-0.05, 0) is 50.3 Å². The molecule has 1 aromatic rings. The van der Waals surface area contributed by atoms with Crippen LogP contribution in [0.2, 0.25) is 0 Å². The molecule has 0 bridgehead atoms. The molecule has 0 radical (unpaired) electrons. The fraction of sp³-hybridized carbons (Fsp3) is 0.600. The Labute approximate surface area is 118 Å². The third-order valence-electron chi connectivity index (χ3n) is 3.82. The SMILES string of the molecule is COC1CCCC(N[C@@H](C)c2ccc(Br)cc2)C1. The lowest BCUT2D eigenvalue weighted by atomic mass is 9.92. The van der Waals surface area contributed by atoms with Crippen molar-refractivity contribution < 1.29 is 4.74 Å². The molecule has 0 spiro atoms. The maximum Gasteiger partial charge on any atom is 0.0586 e. The maximum atomic E-state index is 5.48. The van der Waals surface area contributed by atoms with Crippen LogP contribution in [0.5, 0.6) is 0 Å². The van der Waals surface area contributed by atoms with Gasteiger partial charge in [-0.1, -0.05) is 28.1 Å². The first-order valence-electron chi connectivity index (χ1n) is 6.73. The second kappa shape index (κ2) is 6.69. The number of nitrogens with one attached hydrogen (secondary N) is 1. The van der Waals surface area contributed by atoms with Crippen molar-refractivity contribution in [3.63, 3.8) is 0 Å². The summed E-state index contributed by atoms with van der Waals surface area (Å²) >= 11 is 3.47. The summed E-state index contributed by atoms with van der Waals surface area (Å²) in [7, 11) is 1.82. The first kappa shape index (κ1) is 14.0. The van der Waals surface area contributed by atoms with Crippen molar-refractivity contribution in [2.75, 3.05) is 7.11 Å². The maximum absolute atomic E-state index is 5.48. The number of halogens is 1. The first-order valence-corrected chi connectivity index (χ1v) is 7.52. The molecular formula is C15H22BrNO. The molecule has 0 amide bonds. The van der Waals surface area contributed by atoms with Gasteiger partial charge in [0.15, 0.2) is 0 Å². The van der Waals surface area contributed by atoms with Crippen molar-refractivity contribution in [2.24, 2.45) is 0 Å². The summed E-state index contributed by atoms with van der Waals surface area (Å²) in [5.74, 6) is 0. The number of hydrogen-bond donors (Lipinski definition) is 1. The van der Waals surface area contributed by atoms with Gasteiger partial charge in [-0.25, -0.2) is 0 Å². The van der Waals surface area contributed by atoms with Gasteiger partial charge in [-0.15, -0.1) is 0 Å². The van der Waals surface area contributed by atoms with E-state index < -0.39 is 0 Å². The molecule has 1 aromatic carbocycles. The van der Waals surface area contributed by atoms with Crippen LogP contribution in [0.15, 0.2) is 28.7 Å². The average Bonchev–Trinajstić information content (AvgIpc) is 2.39. The van der Waals surface area contributed by atoms with E-state index >= 15 is 0 Å². The van der Waals surface area contributed by atoms with Gasteiger partial charge in [0.05, 0.1) is 6.10 Å². The quantitative estimate of drug-likeness (QED) is 0.905. The Bertz CT molecular complexity index is 365. The van der Waals surface area contributed by atoms with Gasteiger partial charge in [0.1, 0.15) is 0 Å². The van der Waals surface area contributed by atoms with Gasteiger partial charge in [-0.3, -0.25) is 0 Å². The van der Waals surface area contributed by atoms with Crippen molar-refractivity contribution in [3.8, 4) is 0 Å². The fourth-order valence-electron chi connectivity index (χ4n) is 2.71. The summed E-state index contributed by atoms with van der Waals surface area (Å²) < 4.78 is 6.61. The number of hydrogen-bond acceptors (Lipinski definition) is 2. The van der Waals surface area contributed by atoms with E-state index in [1.54, 1.807) is 0 Å². The monoisotopic (exact) mass is 311 g/mol. The molecule has 1 aliphatic rings. The molecule has 1 saturated carbocycles. The minimum absolute atomic E-state index is 0.402. The highest BCUT2D eigenvalue weighted by molar-refractivity contribution is 9.10. The standard InChI is InChI=1S/C15H22BrNO/c1-11(12-6-8-13(16)9-7-12)17-14-4-3-5-15(10-14)18-2/h6-9,11,14-15,17H,3-5,10H2,1-2H3/t11-,14?,15?/m0/s1. The van der Waals surface area contributed by atoms with E-state index in [1.807, 2.05) is 7.11 Å². The lowest BCUT2D eigenvalue weighted by Crippen LogP contribution is -2.38. The van der Waals surface area contributed by atoms with E-state index in [-0.39, 0.29) is 0 Å². The van der Waals surface area contributed by atoms with Crippen LogP contribution in [0.3, 0.4) is 0 Å². The summed E-state index contributed by atoms with van der Waals surface area (Å²) in [5, 5.41) is 3.72. The molecule has 2 unspecified atom stereocenters. The smallest absolute Gasteiger partial charge is 0.0586 e. The second-order valence-electron chi connectivity index (χ2n) is 5.16. The molecular weight excluding hydrogens is 290 g/mol. The Hall–Kier alpha value is -0.380. The lowest BCUT2D eigenvalue weighted by Gasteiger charge is -2.31. The zero-order valence-electron chi connectivity index (χ0n) is 11.2. The highest BCUT2D eigenvalue weighted by atomic mass is 79.9. The number of benzene rings is 1. The molecule has 0 heterocycles. The van der Waals surface area contributed by atoms with Crippen LogP contribution in [0, 0.1) is 0 Å². The Morgan fingerprint density at radius 1 is 1.28 bits per heavy atom. The van der Waals surface area contributed by atoms with Crippen LogP contribution in [0.4, 0.5) is 0 Å². The molecule has 3 heteroatoms. The van der Waals surface area contributed by atoms with Crippen LogP contribution in [0.1, 0.15) is 44.2 Å². The van der Waals surface area contributed by atoms with E-state index in [2.05, 4.69) is 52.4 Å². The number of rotatable bonds is 4. The van der Waals surface area contributed by atoms with E-state index in [9.17, 15) is 0 Å². The fourth-order valence-corrected chi connectivity index (χ4v) is 2.98. The highest BCUT2D eigenvalue weighted by Gasteiger charge is 2.22. The summed E-state index contributed by atoms with van der Waals surface area (Å²) in [6, 6.07) is 9.55. The lowest BCUT2D eigenvalue weighted by molar-refractivity contribution is 0.0572. The third kappa shape index (κ3) is 3.81. The summed E-state index contributed by atoms with van der Waals surface area (Å²) in [6.07, 6.45) is 5.32. The van der Waals surface area contributed by atoms with Crippen molar-refractivity contribution in [2.45, 2.75) is 50.8 Å². The summed E-state index contributed by atoms with van der Waals surface area (Å²) in [6.45, 7) is 2.24. The molecule has 1 N–H and O–H groups in total. The molecule has 18 heavy (non-hydrogen) atoms. The number of methoxy groups -OCH3 is 1. The van der Waals surface area contributed by atoms with Crippen LogP contribution in [0.25, 0.3) is 0 Å². The zero-order chi connectivity index (χ0) is 13.0. The third-order valence-corrected chi connectivity index (χ3v) is 4.34. The molecule has 0 aromatic heterocycles. The molecule has 0 saturated heterocycles. The van der Waals surface area contributed by atoms with E-state index in [0.29, 0.717) is 18.2 Å².